The van der Waals surface area contributed by atoms with Gasteiger partial charge in [-0.1, -0.05) is 90.5 Å². The van der Waals surface area contributed by atoms with Gasteiger partial charge in [-0.25, -0.2) is 0 Å². The molecule has 32 heavy (non-hydrogen) atoms. The van der Waals surface area contributed by atoms with Crippen molar-refractivity contribution in [2.75, 3.05) is 0 Å². The zero-order valence-corrected chi connectivity index (χ0v) is 18.7. The van der Waals surface area contributed by atoms with Crippen molar-refractivity contribution in [1.82, 2.24) is 0 Å². The topological polar surface area (TPSA) is 0 Å². The van der Waals surface area contributed by atoms with Crippen molar-refractivity contribution in [3.05, 3.63) is 108 Å². The molecule has 6 aromatic carbocycles. The lowest BCUT2D eigenvalue weighted by atomic mass is 9.92. The number of hydrogen-bond donors (Lipinski definition) is 0. The highest BCUT2D eigenvalue weighted by Gasteiger charge is 2.12. The highest BCUT2D eigenvalue weighted by molar-refractivity contribution is 7.26. The van der Waals surface area contributed by atoms with Crippen molar-refractivity contribution in [2.45, 2.75) is 0 Å². The van der Waals surface area contributed by atoms with Crippen molar-refractivity contribution >= 4 is 75.4 Å². The maximum Gasteiger partial charge on any atom is 0.0584 e. The Bertz CT molecular complexity index is 1810. The minimum atomic E-state index is 0.828. The summed E-state index contributed by atoms with van der Waals surface area (Å²) in [4.78, 5) is 0. The second kappa shape index (κ2) is 6.80. The molecule has 0 saturated heterocycles. The SMILES string of the molecule is Clc1cccc2c1sc1ccc(-c3ccc4c5ccccc5c5ccccc5c4c3)cc12. The minimum absolute atomic E-state index is 0.828. The fraction of sp³-hybridized carbons (Fsp3) is 0. The van der Waals surface area contributed by atoms with Crippen LogP contribution in [0.5, 0.6) is 0 Å². The Morgan fingerprint density at radius 1 is 0.438 bits per heavy atom. The number of thiophene rings is 1. The zero-order valence-electron chi connectivity index (χ0n) is 17.1. The molecule has 0 aliphatic heterocycles. The van der Waals surface area contributed by atoms with Gasteiger partial charge in [0, 0.05) is 15.5 Å². The standard InChI is InChI=1S/C30H17ClS/c31-28-11-5-10-25-27-17-19(13-15-29(27)32-30(25)28)18-12-14-24-22-8-2-1-6-20(22)21-7-3-4-9-23(21)26(24)16-18/h1-17H. The maximum atomic E-state index is 6.46. The van der Waals surface area contributed by atoms with E-state index in [-0.39, 0.29) is 0 Å². The normalized spacial score (nSPS) is 11.9. The van der Waals surface area contributed by atoms with Crippen LogP contribution < -0.4 is 0 Å². The average molecular weight is 445 g/mol. The molecule has 0 bridgehead atoms. The predicted molar refractivity (Wildman–Crippen MR) is 142 cm³/mol. The molecule has 7 aromatic rings. The van der Waals surface area contributed by atoms with Crippen LogP contribution in [0.2, 0.25) is 5.02 Å². The van der Waals surface area contributed by atoms with E-state index in [4.69, 9.17) is 11.6 Å². The Balaban J connectivity index is 1.53. The van der Waals surface area contributed by atoms with Gasteiger partial charge in [0.05, 0.1) is 9.72 Å². The van der Waals surface area contributed by atoms with E-state index in [0.717, 1.165) is 9.72 Å². The van der Waals surface area contributed by atoms with Gasteiger partial charge in [0.2, 0.25) is 0 Å². The van der Waals surface area contributed by atoms with E-state index in [9.17, 15) is 0 Å². The molecule has 0 N–H and O–H groups in total. The van der Waals surface area contributed by atoms with Gasteiger partial charge < -0.3 is 0 Å². The van der Waals surface area contributed by atoms with Gasteiger partial charge in [-0.2, -0.15) is 0 Å². The summed E-state index contributed by atoms with van der Waals surface area (Å²) >= 11 is 8.23. The van der Waals surface area contributed by atoms with Crippen molar-refractivity contribution in [2.24, 2.45) is 0 Å². The first kappa shape index (κ1) is 18.2. The molecule has 0 amide bonds. The first-order valence-electron chi connectivity index (χ1n) is 10.7. The molecule has 0 fully saturated rings. The quantitative estimate of drug-likeness (QED) is 0.221. The lowest BCUT2D eigenvalue weighted by Gasteiger charge is -2.12. The Morgan fingerprint density at radius 2 is 0.969 bits per heavy atom. The zero-order chi connectivity index (χ0) is 21.2. The van der Waals surface area contributed by atoms with Crippen LogP contribution in [0.25, 0.3) is 63.6 Å². The van der Waals surface area contributed by atoms with Crippen LogP contribution in [-0.2, 0) is 0 Å². The van der Waals surface area contributed by atoms with Crippen LogP contribution in [0.1, 0.15) is 0 Å². The third kappa shape index (κ3) is 2.56. The summed E-state index contributed by atoms with van der Waals surface area (Å²) in [6, 6.07) is 37.3. The monoisotopic (exact) mass is 444 g/mol. The molecule has 1 heterocycles. The molecule has 0 atom stereocenters. The van der Waals surface area contributed by atoms with Gasteiger partial charge in [-0.05, 0) is 67.7 Å². The molecule has 0 aliphatic rings. The summed E-state index contributed by atoms with van der Waals surface area (Å²) in [5, 5.41) is 11.2. The molecule has 0 unspecified atom stereocenters. The summed E-state index contributed by atoms with van der Waals surface area (Å²) in [6.45, 7) is 0. The molecular weight excluding hydrogens is 428 g/mol. The van der Waals surface area contributed by atoms with Crippen LogP contribution in [-0.4, -0.2) is 0 Å². The van der Waals surface area contributed by atoms with Crippen molar-refractivity contribution < 1.29 is 0 Å². The summed E-state index contributed by atoms with van der Waals surface area (Å²) in [5.41, 5.74) is 2.47. The minimum Gasteiger partial charge on any atom is -0.134 e. The fourth-order valence-corrected chi connectivity index (χ4v) is 6.41. The van der Waals surface area contributed by atoms with E-state index in [2.05, 4.69) is 91.0 Å². The van der Waals surface area contributed by atoms with Crippen molar-refractivity contribution in [3.63, 3.8) is 0 Å². The smallest absolute Gasteiger partial charge is 0.0584 e. The number of benzene rings is 6. The van der Waals surface area contributed by atoms with Gasteiger partial charge in [-0.15, -0.1) is 11.3 Å². The van der Waals surface area contributed by atoms with Crippen LogP contribution in [0, 0.1) is 0 Å². The van der Waals surface area contributed by atoms with Gasteiger partial charge >= 0.3 is 0 Å². The first-order valence-corrected chi connectivity index (χ1v) is 11.9. The molecule has 7 rings (SSSR count). The highest BCUT2D eigenvalue weighted by atomic mass is 35.5. The first-order chi connectivity index (χ1) is 15.8. The molecule has 150 valence electrons. The second-order valence-electron chi connectivity index (χ2n) is 8.28. The molecule has 0 nitrogen and oxygen atoms in total. The fourth-order valence-electron chi connectivity index (χ4n) is 5.03. The second-order valence-corrected chi connectivity index (χ2v) is 9.74. The lowest BCUT2D eigenvalue weighted by molar-refractivity contribution is 1.71. The van der Waals surface area contributed by atoms with E-state index < -0.39 is 0 Å². The molecule has 0 spiro atoms. The Labute approximate surface area is 194 Å². The van der Waals surface area contributed by atoms with E-state index in [1.54, 1.807) is 11.3 Å². The number of halogens is 1. The van der Waals surface area contributed by atoms with Crippen molar-refractivity contribution in [1.29, 1.82) is 0 Å². The van der Waals surface area contributed by atoms with E-state index in [1.807, 2.05) is 12.1 Å². The average Bonchev–Trinajstić information content (AvgIpc) is 3.23. The van der Waals surface area contributed by atoms with E-state index >= 15 is 0 Å². The van der Waals surface area contributed by atoms with Gasteiger partial charge in [-0.3, -0.25) is 0 Å². The van der Waals surface area contributed by atoms with Gasteiger partial charge in [0.15, 0.2) is 0 Å². The number of hydrogen-bond acceptors (Lipinski definition) is 1. The molecule has 2 heteroatoms. The van der Waals surface area contributed by atoms with Gasteiger partial charge in [0.25, 0.3) is 0 Å². The van der Waals surface area contributed by atoms with E-state index in [1.165, 1.54) is 58.9 Å². The largest absolute Gasteiger partial charge is 0.134 e. The molecular formula is C30H17ClS. The number of rotatable bonds is 1. The molecule has 1 aromatic heterocycles. The molecule has 0 saturated carbocycles. The molecule has 0 radical (unpaired) electrons. The van der Waals surface area contributed by atoms with Crippen LogP contribution in [0.15, 0.2) is 103 Å². The summed E-state index contributed by atoms with van der Waals surface area (Å²) in [6.07, 6.45) is 0. The predicted octanol–water partition coefficient (Wildman–Crippen LogP) is 9.83. The van der Waals surface area contributed by atoms with Crippen LogP contribution >= 0.6 is 22.9 Å². The maximum absolute atomic E-state index is 6.46. The Hall–Kier alpha value is -3.39. The third-order valence-electron chi connectivity index (χ3n) is 6.53. The van der Waals surface area contributed by atoms with E-state index in [0.29, 0.717) is 0 Å². The Kier molecular flexibility index (Phi) is 3.87. The highest BCUT2D eigenvalue weighted by Crippen LogP contribution is 2.41. The van der Waals surface area contributed by atoms with Crippen LogP contribution in [0.4, 0.5) is 0 Å². The third-order valence-corrected chi connectivity index (χ3v) is 8.17. The molecule has 0 aliphatic carbocycles. The lowest BCUT2D eigenvalue weighted by Crippen LogP contribution is -1.85. The summed E-state index contributed by atoms with van der Waals surface area (Å²) < 4.78 is 2.44. The summed E-state index contributed by atoms with van der Waals surface area (Å²) in [5.74, 6) is 0. The van der Waals surface area contributed by atoms with Gasteiger partial charge in [0.1, 0.15) is 0 Å². The Morgan fingerprint density at radius 3 is 1.66 bits per heavy atom. The van der Waals surface area contributed by atoms with Crippen molar-refractivity contribution in [3.8, 4) is 11.1 Å². The number of fused-ring (bicyclic) bond motifs is 9. The summed E-state index contributed by atoms with van der Waals surface area (Å²) in [7, 11) is 0. The van der Waals surface area contributed by atoms with Crippen LogP contribution in [0.3, 0.4) is 0 Å².